The molecule has 1 aromatic carbocycles. The van der Waals surface area contributed by atoms with Gasteiger partial charge in [0.15, 0.2) is 0 Å². The zero-order chi connectivity index (χ0) is 13.6. The van der Waals surface area contributed by atoms with Crippen LogP contribution in [0.1, 0.15) is 44.4 Å². The molecule has 0 atom stereocenters. The molecule has 1 aliphatic rings. The number of nitrogens with one attached hydrogen (secondary N) is 1. The van der Waals surface area contributed by atoms with Gasteiger partial charge in [0, 0.05) is 11.6 Å². The molecule has 21 heavy (non-hydrogen) atoms. The Balaban J connectivity index is 0.00000161. The molecule has 0 aliphatic heterocycles. The highest BCUT2D eigenvalue weighted by Gasteiger charge is 2.13. The quantitative estimate of drug-likeness (QED) is 0.868. The van der Waals surface area contributed by atoms with E-state index in [1.165, 1.54) is 38.5 Å². The van der Waals surface area contributed by atoms with Gasteiger partial charge in [-0.1, -0.05) is 43.9 Å². The molecule has 1 aromatic heterocycles. The second kappa shape index (κ2) is 8.15. The minimum Gasteiger partial charge on any atom is -0.419 e. The number of rotatable bonds is 4. The molecule has 0 saturated heterocycles. The lowest BCUT2D eigenvalue weighted by molar-refractivity contribution is 0.411. The minimum absolute atomic E-state index is 0. The Morgan fingerprint density at radius 1 is 1.00 bits per heavy atom. The average molecular weight is 308 g/mol. The molecular formula is C16H22ClN3O. The molecule has 0 bridgehead atoms. The first kappa shape index (κ1) is 16.0. The fourth-order valence-electron chi connectivity index (χ4n) is 2.74. The molecule has 1 fully saturated rings. The molecule has 0 radical (unpaired) electrons. The molecule has 3 rings (SSSR count). The van der Waals surface area contributed by atoms with Crippen LogP contribution in [0, 0.1) is 0 Å². The summed E-state index contributed by atoms with van der Waals surface area (Å²) in [4.78, 5) is 0. The predicted octanol–water partition coefficient (Wildman–Crippen LogP) is 3.97. The first-order valence-corrected chi connectivity index (χ1v) is 7.53. The van der Waals surface area contributed by atoms with Gasteiger partial charge in [-0.05, 0) is 25.0 Å². The molecule has 2 aromatic rings. The Kier molecular flexibility index (Phi) is 6.21. The largest absolute Gasteiger partial charge is 0.419 e. The van der Waals surface area contributed by atoms with Gasteiger partial charge >= 0.3 is 0 Å². The average Bonchev–Trinajstić information content (AvgIpc) is 2.82. The number of hydrogen-bond donors (Lipinski definition) is 1. The summed E-state index contributed by atoms with van der Waals surface area (Å²) in [5, 5.41) is 11.8. The van der Waals surface area contributed by atoms with Crippen LogP contribution < -0.4 is 5.32 Å². The van der Waals surface area contributed by atoms with Crippen LogP contribution in [-0.2, 0) is 6.54 Å². The van der Waals surface area contributed by atoms with Crippen molar-refractivity contribution in [2.24, 2.45) is 0 Å². The summed E-state index contributed by atoms with van der Waals surface area (Å²) in [6.07, 6.45) is 7.93. The van der Waals surface area contributed by atoms with Gasteiger partial charge in [-0.2, -0.15) is 0 Å². The molecule has 1 heterocycles. The van der Waals surface area contributed by atoms with Gasteiger partial charge in [0.2, 0.25) is 11.8 Å². The van der Waals surface area contributed by atoms with Crippen molar-refractivity contribution in [1.29, 1.82) is 0 Å². The first-order chi connectivity index (χ1) is 9.92. The Labute approximate surface area is 131 Å². The lowest BCUT2D eigenvalue weighted by Gasteiger charge is -2.14. The Morgan fingerprint density at radius 3 is 2.43 bits per heavy atom. The Bertz CT molecular complexity index is 521. The van der Waals surface area contributed by atoms with E-state index in [9.17, 15) is 0 Å². The third-order valence-electron chi connectivity index (χ3n) is 3.88. The van der Waals surface area contributed by atoms with E-state index in [1.54, 1.807) is 0 Å². The molecular weight excluding hydrogens is 286 g/mol. The molecule has 0 unspecified atom stereocenters. The van der Waals surface area contributed by atoms with Gasteiger partial charge < -0.3 is 9.73 Å². The number of aromatic nitrogens is 2. The fourth-order valence-corrected chi connectivity index (χ4v) is 2.74. The maximum atomic E-state index is 5.71. The number of hydrogen-bond acceptors (Lipinski definition) is 4. The molecule has 1 aliphatic carbocycles. The fraction of sp³-hybridized carbons (Fsp3) is 0.500. The van der Waals surface area contributed by atoms with E-state index in [-0.39, 0.29) is 12.4 Å². The zero-order valence-corrected chi connectivity index (χ0v) is 12.9. The highest BCUT2D eigenvalue weighted by molar-refractivity contribution is 5.85. The second-order valence-corrected chi connectivity index (χ2v) is 5.44. The summed E-state index contributed by atoms with van der Waals surface area (Å²) in [6.45, 7) is 0.671. The second-order valence-electron chi connectivity index (χ2n) is 5.44. The van der Waals surface area contributed by atoms with Crippen LogP contribution in [0.3, 0.4) is 0 Å². The van der Waals surface area contributed by atoms with Crippen LogP contribution >= 0.6 is 12.4 Å². The standard InChI is InChI=1S/C16H21N3O.ClH/c1-2-7-11-14(10-6-1)17-12-15-18-19-16(20-15)13-8-4-3-5-9-13;/h3-5,8-9,14,17H,1-2,6-7,10-12H2;1H. The topological polar surface area (TPSA) is 51.0 Å². The van der Waals surface area contributed by atoms with Crippen LogP contribution in [-0.4, -0.2) is 16.2 Å². The minimum atomic E-state index is 0. The monoisotopic (exact) mass is 307 g/mol. The zero-order valence-electron chi connectivity index (χ0n) is 12.1. The van der Waals surface area contributed by atoms with Crippen molar-refractivity contribution in [3.8, 4) is 11.5 Å². The van der Waals surface area contributed by atoms with E-state index in [4.69, 9.17) is 4.42 Å². The van der Waals surface area contributed by atoms with Gasteiger partial charge in [-0.3, -0.25) is 0 Å². The highest BCUT2D eigenvalue weighted by atomic mass is 35.5. The van der Waals surface area contributed by atoms with Crippen molar-refractivity contribution >= 4 is 12.4 Å². The Morgan fingerprint density at radius 2 is 1.71 bits per heavy atom. The number of nitrogens with zero attached hydrogens (tertiary/aromatic N) is 2. The maximum Gasteiger partial charge on any atom is 0.247 e. The molecule has 4 nitrogen and oxygen atoms in total. The van der Waals surface area contributed by atoms with Gasteiger partial charge in [-0.15, -0.1) is 22.6 Å². The lowest BCUT2D eigenvalue weighted by atomic mass is 10.1. The Hall–Kier alpha value is -1.39. The van der Waals surface area contributed by atoms with E-state index in [1.807, 2.05) is 30.3 Å². The van der Waals surface area contributed by atoms with Gasteiger partial charge in [0.25, 0.3) is 0 Å². The summed E-state index contributed by atoms with van der Waals surface area (Å²) in [6, 6.07) is 10.5. The van der Waals surface area contributed by atoms with Crippen molar-refractivity contribution in [3.05, 3.63) is 36.2 Å². The van der Waals surface area contributed by atoms with Crippen LogP contribution in [0.5, 0.6) is 0 Å². The normalized spacial score (nSPS) is 16.2. The molecule has 0 spiro atoms. The van der Waals surface area contributed by atoms with Crippen molar-refractivity contribution in [2.75, 3.05) is 0 Å². The third kappa shape index (κ3) is 4.55. The molecule has 1 N–H and O–H groups in total. The molecule has 0 amide bonds. The van der Waals surface area contributed by atoms with Crippen LogP contribution in [0.15, 0.2) is 34.7 Å². The summed E-state index contributed by atoms with van der Waals surface area (Å²) >= 11 is 0. The third-order valence-corrected chi connectivity index (χ3v) is 3.88. The van der Waals surface area contributed by atoms with Crippen molar-refractivity contribution in [3.63, 3.8) is 0 Å². The summed E-state index contributed by atoms with van der Waals surface area (Å²) in [5.74, 6) is 1.27. The van der Waals surface area contributed by atoms with Gasteiger partial charge in [0.1, 0.15) is 0 Å². The predicted molar refractivity (Wildman–Crippen MR) is 85.3 cm³/mol. The van der Waals surface area contributed by atoms with Crippen molar-refractivity contribution in [2.45, 2.75) is 51.1 Å². The maximum absolute atomic E-state index is 5.71. The van der Waals surface area contributed by atoms with E-state index in [2.05, 4.69) is 15.5 Å². The molecule has 1 saturated carbocycles. The van der Waals surface area contributed by atoms with E-state index in [0.29, 0.717) is 24.4 Å². The van der Waals surface area contributed by atoms with Crippen LogP contribution in [0.2, 0.25) is 0 Å². The molecule has 5 heteroatoms. The van der Waals surface area contributed by atoms with Crippen LogP contribution in [0.4, 0.5) is 0 Å². The van der Waals surface area contributed by atoms with E-state index >= 15 is 0 Å². The molecule has 114 valence electrons. The summed E-state index contributed by atoms with van der Waals surface area (Å²) < 4.78 is 5.71. The first-order valence-electron chi connectivity index (χ1n) is 7.53. The lowest BCUT2D eigenvalue weighted by Crippen LogP contribution is -2.27. The van der Waals surface area contributed by atoms with E-state index < -0.39 is 0 Å². The van der Waals surface area contributed by atoms with E-state index in [0.717, 1.165) is 5.56 Å². The van der Waals surface area contributed by atoms with Gasteiger partial charge in [0.05, 0.1) is 6.54 Å². The smallest absolute Gasteiger partial charge is 0.247 e. The summed E-state index contributed by atoms with van der Waals surface area (Å²) in [7, 11) is 0. The number of benzene rings is 1. The van der Waals surface area contributed by atoms with Crippen molar-refractivity contribution in [1.82, 2.24) is 15.5 Å². The SMILES string of the molecule is Cl.c1ccc(-c2nnc(CNC3CCCCCC3)o2)cc1. The highest BCUT2D eigenvalue weighted by Crippen LogP contribution is 2.19. The van der Waals surface area contributed by atoms with Crippen molar-refractivity contribution < 1.29 is 4.42 Å². The number of halogens is 1. The van der Waals surface area contributed by atoms with Gasteiger partial charge in [-0.25, -0.2) is 0 Å². The summed E-state index contributed by atoms with van der Waals surface area (Å²) in [5.41, 5.74) is 0.973. The van der Waals surface area contributed by atoms with Crippen LogP contribution in [0.25, 0.3) is 11.5 Å².